The van der Waals surface area contributed by atoms with Gasteiger partial charge in [-0.05, 0) is 37.8 Å². The molecule has 0 saturated heterocycles. The molecule has 0 aliphatic rings. The van der Waals surface area contributed by atoms with Crippen LogP contribution in [-0.2, 0) is 13.1 Å². The monoisotopic (exact) mass is 514 g/mol. The summed E-state index contributed by atoms with van der Waals surface area (Å²) in [5.74, 6) is 1.82. The van der Waals surface area contributed by atoms with Gasteiger partial charge in [-0.2, -0.15) is 9.13 Å². The third kappa shape index (κ3) is 8.37. The van der Waals surface area contributed by atoms with E-state index in [1.54, 1.807) is 0 Å². The Morgan fingerprint density at radius 1 is 0.553 bits per heavy atom. The number of hydrogen-bond acceptors (Lipinski definition) is 2. The maximum atomic E-state index is 4.94. The van der Waals surface area contributed by atoms with Crippen molar-refractivity contribution in [3.63, 3.8) is 0 Å². The molecule has 0 radical (unpaired) electrons. The van der Waals surface area contributed by atoms with Crippen LogP contribution in [0, 0.1) is 0 Å². The standard InChI is InChI=1S/C32H46N6/c1-3-5-7-9-11-13-21-35-23-25-37(27-35)31-19-15-17-29(33-31)30-18-16-20-32(34-30)38-26-24-36(28-38)22-14-12-10-8-6-4-2/h15-20,23-28H,3-14,21-22H2,1-2H3/q+2. The number of pyridine rings is 2. The van der Waals surface area contributed by atoms with Gasteiger partial charge < -0.3 is 0 Å². The number of aryl methyl sites for hydroxylation is 2. The van der Waals surface area contributed by atoms with E-state index in [4.69, 9.17) is 9.97 Å². The Morgan fingerprint density at radius 3 is 1.42 bits per heavy atom. The van der Waals surface area contributed by atoms with E-state index in [-0.39, 0.29) is 0 Å². The molecule has 0 aliphatic carbocycles. The zero-order valence-electron chi connectivity index (χ0n) is 23.5. The molecular formula is C32H46N6+2. The molecule has 4 rings (SSSR count). The molecule has 0 N–H and O–H groups in total. The Hall–Kier alpha value is -3.28. The van der Waals surface area contributed by atoms with Gasteiger partial charge in [0.25, 0.3) is 0 Å². The lowest BCUT2D eigenvalue weighted by Crippen LogP contribution is -2.30. The average molecular weight is 515 g/mol. The van der Waals surface area contributed by atoms with Crippen molar-refractivity contribution in [2.75, 3.05) is 0 Å². The van der Waals surface area contributed by atoms with Gasteiger partial charge in [-0.3, -0.25) is 0 Å². The van der Waals surface area contributed by atoms with E-state index in [9.17, 15) is 0 Å². The molecule has 202 valence electrons. The van der Waals surface area contributed by atoms with Gasteiger partial charge >= 0.3 is 0 Å². The molecule has 0 amide bonds. The van der Waals surface area contributed by atoms with Gasteiger partial charge in [-0.25, -0.2) is 19.1 Å². The van der Waals surface area contributed by atoms with E-state index in [1.165, 1.54) is 77.0 Å². The Labute approximate surface area is 229 Å². The van der Waals surface area contributed by atoms with Crippen molar-refractivity contribution in [2.24, 2.45) is 0 Å². The number of aromatic nitrogens is 6. The van der Waals surface area contributed by atoms with Crippen molar-refractivity contribution in [3.05, 3.63) is 73.8 Å². The summed E-state index contributed by atoms with van der Waals surface area (Å²) in [7, 11) is 0. The molecule has 0 atom stereocenters. The van der Waals surface area contributed by atoms with Crippen LogP contribution in [0.15, 0.2) is 73.8 Å². The first-order chi connectivity index (χ1) is 18.8. The van der Waals surface area contributed by atoms with E-state index in [2.05, 4.69) is 93.8 Å². The first-order valence-electron chi connectivity index (χ1n) is 14.9. The summed E-state index contributed by atoms with van der Waals surface area (Å²) in [6.45, 7) is 6.64. The smallest absolute Gasteiger partial charge is 0.236 e. The average Bonchev–Trinajstić information content (AvgIpc) is 3.63. The Morgan fingerprint density at radius 2 is 0.974 bits per heavy atom. The van der Waals surface area contributed by atoms with Crippen molar-refractivity contribution in [1.29, 1.82) is 0 Å². The topological polar surface area (TPSA) is 43.4 Å². The summed E-state index contributed by atoms with van der Waals surface area (Å²) >= 11 is 0. The third-order valence-corrected chi connectivity index (χ3v) is 7.18. The second kappa shape index (κ2) is 15.2. The number of unbranched alkanes of at least 4 members (excludes halogenated alkanes) is 10. The zero-order valence-corrected chi connectivity index (χ0v) is 23.5. The van der Waals surface area contributed by atoms with Gasteiger partial charge in [0.15, 0.2) is 0 Å². The summed E-state index contributed by atoms with van der Waals surface area (Å²) < 4.78 is 8.72. The van der Waals surface area contributed by atoms with E-state index < -0.39 is 0 Å². The quantitative estimate of drug-likeness (QED) is 0.112. The van der Waals surface area contributed by atoms with Crippen molar-refractivity contribution < 1.29 is 9.13 Å². The van der Waals surface area contributed by atoms with Crippen LogP contribution in [0.1, 0.15) is 90.9 Å². The Bertz CT molecular complexity index is 1130. The van der Waals surface area contributed by atoms with Crippen LogP contribution in [0.3, 0.4) is 0 Å². The number of hydrogen-bond donors (Lipinski definition) is 0. The molecule has 6 heteroatoms. The SMILES string of the molecule is CCCCCCCC[n+]1ccn(-c2cccc(-c3cccc(-n4cc[n+](CCCCCCCC)c4)n3)n2)c1. The summed E-state index contributed by atoms with van der Waals surface area (Å²) in [4.78, 5) is 9.88. The fourth-order valence-corrected chi connectivity index (χ4v) is 4.89. The van der Waals surface area contributed by atoms with Crippen LogP contribution < -0.4 is 9.13 Å². The first-order valence-corrected chi connectivity index (χ1v) is 14.9. The van der Waals surface area contributed by atoms with Crippen LogP contribution >= 0.6 is 0 Å². The van der Waals surface area contributed by atoms with E-state index in [0.29, 0.717) is 0 Å². The van der Waals surface area contributed by atoms with Crippen LogP contribution in [0.25, 0.3) is 23.0 Å². The summed E-state index contributed by atoms with van der Waals surface area (Å²) in [5.41, 5.74) is 1.76. The van der Waals surface area contributed by atoms with E-state index >= 15 is 0 Å². The maximum Gasteiger partial charge on any atom is 0.250 e. The van der Waals surface area contributed by atoms with Crippen LogP contribution in [0.4, 0.5) is 0 Å². The van der Waals surface area contributed by atoms with E-state index in [1.807, 2.05) is 12.1 Å². The fraction of sp³-hybridized carbons (Fsp3) is 0.500. The number of nitrogens with zero attached hydrogens (tertiary/aromatic N) is 6. The maximum absolute atomic E-state index is 4.94. The van der Waals surface area contributed by atoms with Gasteiger partial charge in [0.2, 0.25) is 24.3 Å². The molecular weight excluding hydrogens is 468 g/mol. The molecule has 4 aromatic rings. The predicted octanol–water partition coefficient (Wildman–Crippen LogP) is 7.02. The van der Waals surface area contributed by atoms with Gasteiger partial charge in [-0.15, -0.1) is 0 Å². The molecule has 4 heterocycles. The molecule has 0 bridgehead atoms. The number of rotatable bonds is 17. The van der Waals surface area contributed by atoms with Gasteiger partial charge in [-0.1, -0.05) is 77.3 Å². The van der Waals surface area contributed by atoms with Crippen molar-refractivity contribution in [2.45, 2.75) is 104 Å². The Kier molecular flexibility index (Phi) is 11.1. The van der Waals surface area contributed by atoms with Crippen LogP contribution in [0.5, 0.6) is 0 Å². The fourth-order valence-electron chi connectivity index (χ4n) is 4.89. The van der Waals surface area contributed by atoms with Gasteiger partial charge in [0.05, 0.1) is 24.5 Å². The van der Waals surface area contributed by atoms with Crippen LogP contribution in [-0.4, -0.2) is 19.1 Å². The minimum atomic E-state index is 0.882. The predicted molar refractivity (Wildman–Crippen MR) is 153 cm³/mol. The summed E-state index contributed by atoms with van der Waals surface area (Å²) in [5, 5.41) is 0. The van der Waals surface area contributed by atoms with Crippen molar-refractivity contribution in [1.82, 2.24) is 19.1 Å². The first kappa shape index (κ1) is 27.7. The lowest BCUT2D eigenvalue weighted by molar-refractivity contribution is -0.696. The molecule has 0 aromatic carbocycles. The Balaban J connectivity index is 1.36. The molecule has 6 nitrogen and oxygen atoms in total. The van der Waals surface area contributed by atoms with Crippen molar-refractivity contribution >= 4 is 0 Å². The van der Waals surface area contributed by atoms with Crippen LogP contribution in [0.2, 0.25) is 0 Å². The molecule has 0 spiro atoms. The summed E-state index contributed by atoms with van der Waals surface area (Å²) in [6.07, 6.45) is 28.5. The molecule has 0 saturated carbocycles. The molecule has 0 unspecified atom stereocenters. The normalized spacial score (nSPS) is 11.3. The largest absolute Gasteiger partial charge is 0.250 e. The lowest BCUT2D eigenvalue weighted by atomic mass is 10.1. The van der Waals surface area contributed by atoms with E-state index in [0.717, 1.165) is 36.1 Å². The van der Waals surface area contributed by atoms with Gasteiger partial charge in [0.1, 0.15) is 24.8 Å². The zero-order chi connectivity index (χ0) is 26.4. The minimum absolute atomic E-state index is 0.882. The molecule has 38 heavy (non-hydrogen) atoms. The van der Waals surface area contributed by atoms with Crippen molar-refractivity contribution in [3.8, 4) is 23.0 Å². The highest BCUT2D eigenvalue weighted by molar-refractivity contribution is 5.56. The molecule has 0 aliphatic heterocycles. The summed E-state index contributed by atoms with van der Waals surface area (Å²) in [6, 6.07) is 12.3. The highest BCUT2D eigenvalue weighted by atomic mass is 15.2. The minimum Gasteiger partial charge on any atom is -0.236 e. The van der Waals surface area contributed by atoms with Gasteiger partial charge in [0, 0.05) is 12.1 Å². The third-order valence-electron chi connectivity index (χ3n) is 7.18. The second-order valence-corrected chi connectivity index (χ2v) is 10.4. The molecule has 0 fully saturated rings. The highest BCUT2D eigenvalue weighted by Crippen LogP contribution is 2.18. The lowest BCUT2D eigenvalue weighted by Gasteiger charge is -2.03. The number of imidazole rings is 2. The highest BCUT2D eigenvalue weighted by Gasteiger charge is 2.13. The molecule has 4 aromatic heterocycles. The second-order valence-electron chi connectivity index (χ2n) is 10.4.